The fourth-order valence-corrected chi connectivity index (χ4v) is 1.28. The lowest BCUT2D eigenvalue weighted by molar-refractivity contribution is -0.0499. The van der Waals surface area contributed by atoms with Crippen LogP contribution in [0.25, 0.3) is 0 Å². The van der Waals surface area contributed by atoms with Gasteiger partial charge in [0.15, 0.2) is 0 Å². The van der Waals surface area contributed by atoms with Crippen LogP contribution < -0.4 is 10.6 Å². The minimum atomic E-state index is -2.86. The number of ether oxygens (including phenoxy) is 1. The van der Waals surface area contributed by atoms with Crippen molar-refractivity contribution < 1.29 is 13.5 Å². The summed E-state index contributed by atoms with van der Waals surface area (Å²) in [5, 5.41) is 3.24. The summed E-state index contributed by atoms with van der Waals surface area (Å²) in [6.45, 7) is -2.86. The van der Waals surface area contributed by atoms with Crippen molar-refractivity contribution in [2.75, 3.05) is 0 Å². The van der Waals surface area contributed by atoms with Crippen LogP contribution in [0, 0.1) is 0 Å². The molecule has 0 aliphatic heterocycles. The van der Waals surface area contributed by atoms with E-state index in [1.807, 2.05) is 0 Å². The third kappa shape index (κ3) is 2.95. The Morgan fingerprint density at radius 1 is 1.50 bits per heavy atom. The maximum Gasteiger partial charge on any atom is 0.387 e. The van der Waals surface area contributed by atoms with Gasteiger partial charge in [0, 0.05) is 10.0 Å². The van der Waals surface area contributed by atoms with Gasteiger partial charge in [0.05, 0.1) is 6.21 Å². The first kappa shape index (κ1) is 10.9. The highest BCUT2D eigenvalue weighted by atomic mass is 79.9. The Bertz CT molecular complexity index is 344. The number of alkyl halides is 2. The van der Waals surface area contributed by atoms with Crippen LogP contribution in [0.2, 0.25) is 0 Å². The molecule has 0 aromatic heterocycles. The van der Waals surface area contributed by atoms with Gasteiger partial charge in [-0.2, -0.15) is 13.9 Å². The molecular formula is C8H7BrF2N2O. The maximum absolute atomic E-state index is 11.9. The number of halogens is 3. The molecule has 0 radical (unpaired) electrons. The third-order valence-electron chi connectivity index (χ3n) is 1.40. The zero-order chi connectivity index (χ0) is 10.6. The van der Waals surface area contributed by atoms with Gasteiger partial charge in [-0.1, -0.05) is 15.9 Å². The zero-order valence-electron chi connectivity index (χ0n) is 6.95. The topological polar surface area (TPSA) is 47.6 Å². The number of hydrazone groups is 1. The van der Waals surface area contributed by atoms with Crippen LogP contribution >= 0.6 is 15.9 Å². The summed E-state index contributed by atoms with van der Waals surface area (Å²) in [4.78, 5) is 0. The lowest BCUT2D eigenvalue weighted by Gasteiger charge is -2.07. The van der Waals surface area contributed by atoms with Crippen molar-refractivity contribution in [1.29, 1.82) is 0 Å². The Balaban J connectivity index is 3.01. The molecule has 1 rings (SSSR count). The SMILES string of the molecule is N/N=C/c1cc(Br)ccc1OC(F)F. The number of hydrogen-bond acceptors (Lipinski definition) is 3. The van der Waals surface area contributed by atoms with Crippen molar-refractivity contribution in [2.45, 2.75) is 6.61 Å². The van der Waals surface area contributed by atoms with E-state index in [-0.39, 0.29) is 5.75 Å². The number of nitrogens with two attached hydrogens (primary N) is 1. The molecule has 1 aromatic rings. The summed E-state index contributed by atoms with van der Waals surface area (Å²) in [7, 11) is 0. The molecular weight excluding hydrogens is 258 g/mol. The Hall–Kier alpha value is -1.17. The first-order valence-electron chi connectivity index (χ1n) is 3.61. The minimum Gasteiger partial charge on any atom is -0.434 e. The molecule has 0 amide bonds. The summed E-state index contributed by atoms with van der Waals surface area (Å²) in [5.74, 6) is 4.96. The fourth-order valence-electron chi connectivity index (χ4n) is 0.904. The second kappa shape index (κ2) is 4.90. The van der Waals surface area contributed by atoms with Crippen LogP contribution in [-0.4, -0.2) is 12.8 Å². The van der Waals surface area contributed by atoms with Crippen LogP contribution in [0.1, 0.15) is 5.56 Å². The van der Waals surface area contributed by atoms with Crippen LogP contribution in [0.3, 0.4) is 0 Å². The molecule has 0 saturated carbocycles. The monoisotopic (exact) mass is 264 g/mol. The van der Waals surface area contributed by atoms with E-state index >= 15 is 0 Å². The van der Waals surface area contributed by atoms with Crippen molar-refractivity contribution in [3.63, 3.8) is 0 Å². The van der Waals surface area contributed by atoms with Gasteiger partial charge in [-0.25, -0.2) is 0 Å². The summed E-state index contributed by atoms with van der Waals surface area (Å²) in [6.07, 6.45) is 1.24. The molecule has 14 heavy (non-hydrogen) atoms. The Morgan fingerprint density at radius 2 is 2.21 bits per heavy atom. The first-order valence-corrected chi connectivity index (χ1v) is 4.40. The van der Waals surface area contributed by atoms with E-state index in [0.29, 0.717) is 5.56 Å². The van der Waals surface area contributed by atoms with E-state index in [4.69, 9.17) is 5.84 Å². The lowest BCUT2D eigenvalue weighted by Crippen LogP contribution is -2.04. The van der Waals surface area contributed by atoms with E-state index in [2.05, 4.69) is 25.8 Å². The molecule has 0 bridgehead atoms. The van der Waals surface area contributed by atoms with Gasteiger partial charge in [0.1, 0.15) is 5.75 Å². The zero-order valence-corrected chi connectivity index (χ0v) is 8.54. The van der Waals surface area contributed by atoms with Crippen molar-refractivity contribution >= 4 is 22.1 Å². The maximum atomic E-state index is 11.9. The molecule has 0 spiro atoms. The van der Waals surface area contributed by atoms with Crippen molar-refractivity contribution in [3.8, 4) is 5.75 Å². The molecule has 1 aromatic carbocycles. The Morgan fingerprint density at radius 3 is 2.79 bits per heavy atom. The molecule has 6 heteroatoms. The number of benzene rings is 1. The largest absolute Gasteiger partial charge is 0.434 e. The average molecular weight is 265 g/mol. The highest BCUT2D eigenvalue weighted by Crippen LogP contribution is 2.23. The van der Waals surface area contributed by atoms with Crippen LogP contribution in [-0.2, 0) is 0 Å². The van der Waals surface area contributed by atoms with E-state index < -0.39 is 6.61 Å². The van der Waals surface area contributed by atoms with Gasteiger partial charge < -0.3 is 10.6 Å². The molecule has 3 nitrogen and oxygen atoms in total. The van der Waals surface area contributed by atoms with Crippen molar-refractivity contribution in [1.82, 2.24) is 0 Å². The lowest BCUT2D eigenvalue weighted by atomic mass is 10.2. The number of nitrogens with zero attached hydrogens (tertiary/aromatic N) is 1. The molecule has 0 unspecified atom stereocenters. The second-order valence-electron chi connectivity index (χ2n) is 2.34. The van der Waals surface area contributed by atoms with Gasteiger partial charge in [-0.15, -0.1) is 0 Å². The molecule has 0 aliphatic rings. The highest BCUT2D eigenvalue weighted by Gasteiger charge is 2.08. The van der Waals surface area contributed by atoms with E-state index in [1.54, 1.807) is 12.1 Å². The summed E-state index contributed by atoms with van der Waals surface area (Å²) < 4.78 is 28.8. The second-order valence-corrected chi connectivity index (χ2v) is 3.25. The number of hydrogen-bond donors (Lipinski definition) is 1. The summed E-state index contributed by atoms with van der Waals surface area (Å²) in [5.41, 5.74) is 0.391. The minimum absolute atomic E-state index is 0.0393. The molecule has 0 fully saturated rings. The summed E-state index contributed by atoms with van der Waals surface area (Å²) in [6, 6.07) is 4.58. The standard InChI is InChI=1S/C8H7BrF2N2O/c9-6-1-2-7(14-8(10)11)5(3-6)4-13-12/h1-4,8H,12H2/b13-4+. The fraction of sp³-hybridized carbons (Fsp3) is 0.125. The van der Waals surface area contributed by atoms with Gasteiger partial charge in [-0.3, -0.25) is 0 Å². The van der Waals surface area contributed by atoms with Crippen molar-refractivity contribution in [3.05, 3.63) is 28.2 Å². The quantitative estimate of drug-likeness (QED) is 0.518. The highest BCUT2D eigenvalue weighted by molar-refractivity contribution is 9.10. The molecule has 0 aliphatic carbocycles. The molecule has 2 N–H and O–H groups in total. The smallest absolute Gasteiger partial charge is 0.387 e. The van der Waals surface area contributed by atoms with Gasteiger partial charge in [0.25, 0.3) is 0 Å². The molecule has 0 saturated heterocycles. The van der Waals surface area contributed by atoms with Crippen LogP contribution in [0.15, 0.2) is 27.8 Å². The molecule has 0 heterocycles. The van der Waals surface area contributed by atoms with E-state index in [1.165, 1.54) is 12.3 Å². The van der Waals surface area contributed by atoms with Gasteiger partial charge in [-0.05, 0) is 18.2 Å². The van der Waals surface area contributed by atoms with E-state index in [0.717, 1.165) is 4.47 Å². The molecule has 0 atom stereocenters. The number of rotatable bonds is 3. The molecule has 76 valence electrons. The summed E-state index contributed by atoms with van der Waals surface area (Å²) >= 11 is 3.19. The average Bonchev–Trinajstić information content (AvgIpc) is 2.09. The van der Waals surface area contributed by atoms with E-state index in [9.17, 15) is 8.78 Å². The Kier molecular flexibility index (Phi) is 3.82. The van der Waals surface area contributed by atoms with Crippen LogP contribution in [0.5, 0.6) is 5.75 Å². The third-order valence-corrected chi connectivity index (χ3v) is 1.89. The van der Waals surface area contributed by atoms with Gasteiger partial charge in [0.2, 0.25) is 0 Å². The van der Waals surface area contributed by atoms with Gasteiger partial charge >= 0.3 is 6.61 Å². The normalized spacial score (nSPS) is 11.1. The first-order chi connectivity index (χ1) is 6.63. The Labute approximate surface area is 87.7 Å². The van der Waals surface area contributed by atoms with Crippen molar-refractivity contribution in [2.24, 2.45) is 10.9 Å². The van der Waals surface area contributed by atoms with Crippen LogP contribution in [0.4, 0.5) is 8.78 Å². The predicted octanol–water partition coefficient (Wildman–Crippen LogP) is 2.34. The predicted molar refractivity (Wildman–Crippen MR) is 52.6 cm³/mol.